The van der Waals surface area contributed by atoms with Gasteiger partial charge in [0, 0.05) is 5.75 Å². The van der Waals surface area contributed by atoms with Gasteiger partial charge in [0.1, 0.15) is 18.6 Å². The summed E-state index contributed by atoms with van der Waals surface area (Å²) in [6.45, 7) is 1.28. The normalized spacial score (nSPS) is 12.7. The van der Waals surface area contributed by atoms with Gasteiger partial charge < -0.3 is 26.0 Å². The molecule has 0 saturated carbocycles. The van der Waals surface area contributed by atoms with Crippen LogP contribution in [0.4, 0.5) is 0 Å². The first-order valence-corrected chi connectivity index (χ1v) is 14.7. The summed E-state index contributed by atoms with van der Waals surface area (Å²) in [4.78, 5) is 51.9. The zero-order valence-corrected chi connectivity index (χ0v) is 24.9. The van der Waals surface area contributed by atoms with Crippen LogP contribution in [0.1, 0.15) is 30.0 Å². The van der Waals surface area contributed by atoms with Crippen LogP contribution in [0.2, 0.25) is 0 Å². The molecule has 2 atom stereocenters. The number of benzene rings is 3. The number of hydrogen-bond acceptors (Lipinski definition) is 6. The predicted molar refractivity (Wildman–Crippen MR) is 165 cm³/mol. The Labute approximate surface area is 251 Å². The highest BCUT2D eigenvalue weighted by Gasteiger charge is 2.39. The molecule has 3 aromatic carbocycles. The number of thioether (sulfide) groups is 1. The van der Waals surface area contributed by atoms with Crippen molar-refractivity contribution >= 4 is 35.5 Å². The van der Waals surface area contributed by atoms with Gasteiger partial charge in [-0.05, 0) is 37.2 Å². The van der Waals surface area contributed by atoms with Gasteiger partial charge in [0.2, 0.25) is 17.7 Å². The van der Waals surface area contributed by atoms with E-state index in [9.17, 15) is 19.2 Å². The highest BCUT2D eigenvalue weighted by atomic mass is 32.2. The lowest BCUT2D eigenvalue weighted by Crippen LogP contribution is -2.55. The van der Waals surface area contributed by atoms with Crippen molar-refractivity contribution in [2.24, 2.45) is 0 Å². The Morgan fingerprint density at radius 2 is 1.24 bits per heavy atom. The van der Waals surface area contributed by atoms with Crippen molar-refractivity contribution in [3.63, 3.8) is 0 Å². The van der Waals surface area contributed by atoms with Crippen molar-refractivity contribution in [3.8, 4) is 0 Å². The van der Waals surface area contributed by atoms with E-state index in [0.717, 1.165) is 16.7 Å². The number of nitrogens with one attached hydrogen (secondary N) is 3. The van der Waals surface area contributed by atoms with Gasteiger partial charge in [-0.15, -0.1) is 11.8 Å². The molecular formula is C32H38N4O5S. The summed E-state index contributed by atoms with van der Waals surface area (Å²) < 4.78 is -0.760. The molecule has 9 nitrogen and oxygen atoms in total. The number of rotatable bonds is 15. The Hall–Kier alpha value is -4.15. The van der Waals surface area contributed by atoms with Crippen molar-refractivity contribution in [2.45, 2.75) is 30.2 Å². The second kappa shape index (κ2) is 15.7. The molecule has 0 bridgehead atoms. The van der Waals surface area contributed by atoms with Crippen molar-refractivity contribution in [3.05, 3.63) is 108 Å². The average Bonchev–Trinajstić information content (AvgIpc) is 2.99. The molecule has 10 heteroatoms. The monoisotopic (exact) mass is 590 g/mol. The molecule has 0 saturated heterocycles. The zero-order chi connectivity index (χ0) is 30.5. The smallest absolute Gasteiger partial charge is 0.322 e. The van der Waals surface area contributed by atoms with Crippen molar-refractivity contribution in [1.29, 1.82) is 0 Å². The minimum absolute atomic E-state index is 0.107. The summed E-state index contributed by atoms with van der Waals surface area (Å²) in [5.74, 6) is -2.56. The van der Waals surface area contributed by atoms with Gasteiger partial charge in [-0.2, -0.15) is 0 Å². The fourth-order valence-corrected chi connectivity index (χ4v) is 6.16. The van der Waals surface area contributed by atoms with Gasteiger partial charge in [-0.3, -0.25) is 19.2 Å². The molecule has 0 heterocycles. The summed E-state index contributed by atoms with van der Waals surface area (Å²) in [5, 5.41) is 17.1. The number of carboxylic acid groups (broad SMARTS) is 1. The highest BCUT2D eigenvalue weighted by molar-refractivity contribution is 8.00. The number of likely N-dealkylation sites (N-methyl/N-ethyl adjacent to an activating group) is 1. The molecule has 0 unspecified atom stereocenters. The van der Waals surface area contributed by atoms with Crippen LogP contribution in [0, 0.1) is 0 Å². The number of carbonyl (C=O) groups is 4. The summed E-state index contributed by atoms with van der Waals surface area (Å²) in [6, 6.07) is 27.8. The molecule has 42 heavy (non-hydrogen) atoms. The Kier molecular flexibility index (Phi) is 12.1. The maximum absolute atomic E-state index is 13.3. The van der Waals surface area contributed by atoms with Crippen LogP contribution in [0.15, 0.2) is 91.0 Å². The molecule has 0 aliphatic heterocycles. The lowest BCUT2D eigenvalue weighted by molar-refractivity contribution is -0.138. The Balaban J connectivity index is 2.00. The van der Waals surface area contributed by atoms with Gasteiger partial charge in [0.05, 0.1) is 11.3 Å². The largest absolute Gasteiger partial charge is 0.480 e. The van der Waals surface area contributed by atoms with Gasteiger partial charge in [0.25, 0.3) is 0 Å². The number of hydrogen-bond donors (Lipinski definition) is 4. The van der Waals surface area contributed by atoms with Crippen LogP contribution in [0.3, 0.4) is 0 Å². The third-order valence-electron chi connectivity index (χ3n) is 6.57. The first-order chi connectivity index (χ1) is 20.2. The second-order valence-electron chi connectivity index (χ2n) is 10.0. The Morgan fingerprint density at radius 1 is 0.762 bits per heavy atom. The molecule has 0 spiro atoms. The van der Waals surface area contributed by atoms with Crippen LogP contribution < -0.4 is 16.0 Å². The number of amides is 3. The predicted octanol–water partition coefficient (Wildman–Crippen LogP) is 2.85. The van der Waals surface area contributed by atoms with Crippen LogP contribution in [0.5, 0.6) is 0 Å². The molecule has 222 valence electrons. The lowest BCUT2D eigenvalue weighted by Gasteiger charge is -2.36. The minimum atomic E-state index is -1.20. The lowest BCUT2D eigenvalue weighted by atomic mass is 9.84. The minimum Gasteiger partial charge on any atom is -0.480 e. The second-order valence-corrected chi connectivity index (χ2v) is 11.3. The van der Waals surface area contributed by atoms with Crippen LogP contribution in [-0.4, -0.2) is 78.7 Å². The third kappa shape index (κ3) is 8.67. The summed E-state index contributed by atoms with van der Waals surface area (Å²) in [5.41, 5.74) is 2.93. The molecule has 0 aliphatic rings. The van der Waals surface area contributed by atoms with E-state index < -0.39 is 41.2 Å². The molecular weight excluding hydrogens is 552 g/mol. The van der Waals surface area contributed by atoms with Gasteiger partial charge >= 0.3 is 5.97 Å². The fraction of sp³-hybridized carbons (Fsp3) is 0.312. The number of carboxylic acids is 1. The van der Waals surface area contributed by atoms with Gasteiger partial charge in [-0.25, -0.2) is 0 Å². The molecule has 0 fully saturated rings. The topological polar surface area (TPSA) is 128 Å². The van der Waals surface area contributed by atoms with E-state index in [-0.39, 0.29) is 18.2 Å². The Morgan fingerprint density at radius 3 is 1.64 bits per heavy atom. The fourth-order valence-electron chi connectivity index (χ4n) is 4.60. The first kappa shape index (κ1) is 32.4. The molecule has 0 radical (unpaired) electrons. The quantitative estimate of drug-likeness (QED) is 0.201. The van der Waals surface area contributed by atoms with E-state index in [1.165, 1.54) is 11.8 Å². The third-order valence-corrected chi connectivity index (χ3v) is 8.21. The molecule has 0 aromatic heterocycles. The molecule has 4 N–H and O–H groups in total. The summed E-state index contributed by atoms with van der Waals surface area (Å²) in [7, 11) is 3.50. The molecule has 3 rings (SSSR count). The number of nitrogens with zero attached hydrogens (tertiary/aromatic N) is 1. The standard InChI is InChI=1S/C32H38N4O5S/c1-4-26(34-28(37)21-36(2)3)31(41)35-27(30(40)33-20-29(38)39)22-42-32(23-14-8-5-9-15-23,24-16-10-6-11-17-24)25-18-12-7-13-19-25/h5-19,26-27H,4,20-22H2,1-3H3,(H,33,40)(H,34,37)(H,35,41)(H,38,39)/t26-,27-/m0/s1. The van der Waals surface area contributed by atoms with E-state index in [0.29, 0.717) is 6.42 Å². The van der Waals surface area contributed by atoms with E-state index in [1.807, 2.05) is 91.0 Å². The van der Waals surface area contributed by atoms with E-state index in [2.05, 4.69) is 16.0 Å². The van der Waals surface area contributed by atoms with Crippen molar-refractivity contribution in [2.75, 3.05) is 32.9 Å². The molecule has 3 aromatic rings. The first-order valence-electron chi connectivity index (χ1n) is 13.7. The summed E-state index contributed by atoms with van der Waals surface area (Å²) >= 11 is 1.47. The van der Waals surface area contributed by atoms with E-state index in [1.54, 1.807) is 25.9 Å². The number of carbonyl (C=O) groups excluding carboxylic acids is 3. The Bertz CT molecular complexity index is 1230. The van der Waals surface area contributed by atoms with Crippen LogP contribution in [-0.2, 0) is 23.9 Å². The maximum atomic E-state index is 13.3. The molecule has 3 amide bonds. The van der Waals surface area contributed by atoms with Crippen LogP contribution >= 0.6 is 11.8 Å². The van der Waals surface area contributed by atoms with Gasteiger partial charge in [-0.1, -0.05) is 97.9 Å². The highest BCUT2D eigenvalue weighted by Crippen LogP contribution is 2.48. The zero-order valence-electron chi connectivity index (χ0n) is 24.1. The SMILES string of the molecule is CC[C@H](NC(=O)CN(C)C)C(=O)N[C@@H](CSC(c1ccccc1)(c1ccccc1)c1ccccc1)C(=O)NCC(=O)O. The maximum Gasteiger partial charge on any atom is 0.322 e. The summed E-state index contributed by atoms with van der Waals surface area (Å²) in [6.07, 6.45) is 0.309. The number of aliphatic carboxylic acids is 1. The van der Waals surface area contributed by atoms with Crippen LogP contribution in [0.25, 0.3) is 0 Å². The molecule has 0 aliphatic carbocycles. The van der Waals surface area contributed by atoms with Crippen molar-refractivity contribution < 1.29 is 24.3 Å². The van der Waals surface area contributed by atoms with E-state index in [4.69, 9.17) is 5.11 Å². The average molecular weight is 591 g/mol. The van der Waals surface area contributed by atoms with Crippen molar-refractivity contribution in [1.82, 2.24) is 20.9 Å². The van der Waals surface area contributed by atoms with Gasteiger partial charge in [0.15, 0.2) is 0 Å². The van der Waals surface area contributed by atoms with E-state index >= 15 is 0 Å².